The lowest BCUT2D eigenvalue weighted by atomic mass is 10.0. The summed E-state index contributed by atoms with van der Waals surface area (Å²) >= 11 is 1.49. The number of hydrogen-bond donors (Lipinski definition) is 1. The smallest absolute Gasteiger partial charge is 0.128 e. The van der Waals surface area contributed by atoms with Crippen LogP contribution in [0.3, 0.4) is 0 Å². The van der Waals surface area contributed by atoms with Gasteiger partial charge in [0.05, 0.1) is 5.69 Å². The summed E-state index contributed by atoms with van der Waals surface area (Å²) in [5, 5.41) is 9.05. The summed E-state index contributed by atoms with van der Waals surface area (Å²) in [5.74, 6) is 0. The second kappa shape index (κ2) is 5.03. The Kier molecular flexibility index (Phi) is 3.46. The van der Waals surface area contributed by atoms with E-state index in [1.165, 1.54) is 11.3 Å². The molecule has 0 aliphatic carbocycles. The Balaban J connectivity index is 2.58. The maximum Gasteiger partial charge on any atom is 0.128 e. The Morgan fingerprint density at radius 1 is 1.29 bits per heavy atom. The van der Waals surface area contributed by atoms with Crippen LogP contribution in [-0.2, 0) is 6.42 Å². The molecule has 0 saturated carbocycles. The van der Waals surface area contributed by atoms with Gasteiger partial charge in [-0.1, -0.05) is 43.7 Å². The Morgan fingerprint density at radius 2 is 2.00 bits per heavy atom. The van der Waals surface area contributed by atoms with Gasteiger partial charge in [0.2, 0.25) is 0 Å². The van der Waals surface area contributed by atoms with Crippen LogP contribution in [0.5, 0.6) is 0 Å². The summed E-state index contributed by atoms with van der Waals surface area (Å²) in [6, 6.07) is 12.3. The van der Waals surface area contributed by atoms with E-state index in [4.69, 9.17) is 11.0 Å². The Hall–Kier alpha value is -1.79. The van der Waals surface area contributed by atoms with Crippen LogP contribution in [0, 0.1) is 11.3 Å². The first-order valence-electron chi connectivity index (χ1n) is 5.64. The minimum Gasteiger partial charge on any atom is -0.397 e. The van der Waals surface area contributed by atoms with Gasteiger partial charge in [-0.25, -0.2) is 0 Å². The van der Waals surface area contributed by atoms with E-state index in [2.05, 4.69) is 25.1 Å². The number of thiophene rings is 1. The number of benzene rings is 1. The third-order valence-electron chi connectivity index (χ3n) is 2.69. The summed E-state index contributed by atoms with van der Waals surface area (Å²) in [6.07, 6.45) is 1.96. The molecule has 2 aromatic rings. The fourth-order valence-corrected chi connectivity index (χ4v) is 2.95. The molecule has 1 heterocycles. The van der Waals surface area contributed by atoms with Crippen LogP contribution in [-0.4, -0.2) is 0 Å². The van der Waals surface area contributed by atoms with Crippen molar-refractivity contribution in [2.24, 2.45) is 0 Å². The summed E-state index contributed by atoms with van der Waals surface area (Å²) in [7, 11) is 0. The molecule has 0 saturated heterocycles. The van der Waals surface area contributed by atoms with Crippen molar-refractivity contribution >= 4 is 17.0 Å². The minimum atomic E-state index is 0.632. The van der Waals surface area contributed by atoms with Crippen molar-refractivity contribution in [3.8, 4) is 16.5 Å². The lowest BCUT2D eigenvalue weighted by molar-refractivity contribution is 0.930. The SMILES string of the molecule is CCCc1c(-c2ccccc2)sc(C#N)c1N. The Bertz CT molecular complexity index is 550. The van der Waals surface area contributed by atoms with Gasteiger partial charge in [0.15, 0.2) is 0 Å². The Labute approximate surface area is 105 Å². The molecule has 2 rings (SSSR count). The molecule has 3 heteroatoms. The van der Waals surface area contributed by atoms with E-state index in [0.29, 0.717) is 10.6 Å². The molecule has 0 aliphatic rings. The highest BCUT2D eigenvalue weighted by molar-refractivity contribution is 7.16. The monoisotopic (exact) mass is 242 g/mol. The summed E-state index contributed by atoms with van der Waals surface area (Å²) in [5.41, 5.74) is 8.96. The van der Waals surface area contributed by atoms with Gasteiger partial charge in [-0.15, -0.1) is 11.3 Å². The zero-order chi connectivity index (χ0) is 12.3. The molecule has 17 heavy (non-hydrogen) atoms. The van der Waals surface area contributed by atoms with E-state index < -0.39 is 0 Å². The highest BCUT2D eigenvalue weighted by atomic mass is 32.1. The maximum atomic E-state index is 9.05. The van der Waals surface area contributed by atoms with E-state index in [-0.39, 0.29) is 0 Å². The first kappa shape index (κ1) is 11.7. The Morgan fingerprint density at radius 3 is 2.59 bits per heavy atom. The van der Waals surface area contributed by atoms with Gasteiger partial charge in [0, 0.05) is 4.88 Å². The van der Waals surface area contributed by atoms with Gasteiger partial charge in [0.25, 0.3) is 0 Å². The van der Waals surface area contributed by atoms with E-state index in [1.807, 2.05) is 18.2 Å². The molecule has 1 aromatic carbocycles. The normalized spacial score (nSPS) is 10.1. The van der Waals surface area contributed by atoms with Gasteiger partial charge in [-0.2, -0.15) is 5.26 Å². The van der Waals surface area contributed by atoms with Crippen molar-refractivity contribution < 1.29 is 0 Å². The number of hydrogen-bond acceptors (Lipinski definition) is 3. The third-order valence-corrected chi connectivity index (χ3v) is 3.89. The number of rotatable bonds is 3. The number of nitrogens with two attached hydrogens (primary N) is 1. The predicted octanol–water partition coefficient (Wildman–Crippen LogP) is 3.82. The fourth-order valence-electron chi connectivity index (χ4n) is 1.88. The van der Waals surface area contributed by atoms with Crippen LogP contribution >= 0.6 is 11.3 Å². The number of nitrogens with zero attached hydrogens (tertiary/aromatic N) is 1. The molecule has 0 spiro atoms. The molecule has 86 valence electrons. The van der Waals surface area contributed by atoms with E-state index >= 15 is 0 Å². The van der Waals surface area contributed by atoms with E-state index in [0.717, 1.165) is 28.8 Å². The van der Waals surface area contributed by atoms with Gasteiger partial charge in [-0.05, 0) is 17.5 Å². The highest BCUT2D eigenvalue weighted by Gasteiger charge is 2.15. The van der Waals surface area contributed by atoms with Crippen molar-refractivity contribution in [2.75, 3.05) is 5.73 Å². The highest BCUT2D eigenvalue weighted by Crippen LogP contribution is 2.38. The van der Waals surface area contributed by atoms with Crippen LogP contribution in [0.2, 0.25) is 0 Å². The summed E-state index contributed by atoms with van der Waals surface area (Å²) in [4.78, 5) is 1.77. The number of anilines is 1. The van der Waals surface area contributed by atoms with Crippen molar-refractivity contribution in [2.45, 2.75) is 19.8 Å². The quantitative estimate of drug-likeness (QED) is 0.889. The van der Waals surface area contributed by atoms with Crippen molar-refractivity contribution in [1.82, 2.24) is 0 Å². The van der Waals surface area contributed by atoms with Crippen LogP contribution in [0.15, 0.2) is 30.3 Å². The maximum absolute atomic E-state index is 9.05. The number of nitrogen functional groups attached to an aromatic ring is 1. The molecular formula is C14H14N2S. The first-order chi connectivity index (χ1) is 8.27. The van der Waals surface area contributed by atoms with E-state index in [1.54, 1.807) is 0 Å². The molecule has 0 bridgehead atoms. The molecule has 2 nitrogen and oxygen atoms in total. The zero-order valence-corrected chi connectivity index (χ0v) is 10.6. The first-order valence-corrected chi connectivity index (χ1v) is 6.46. The predicted molar refractivity (Wildman–Crippen MR) is 72.9 cm³/mol. The molecule has 0 fully saturated rings. The van der Waals surface area contributed by atoms with Crippen LogP contribution < -0.4 is 5.73 Å². The summed E-state index contributed by atoms with van der Waals surface area (Å²) in [6.45, 7) is 2.12. The lowest BCUT2D eigenvalue weighted by Gasteiger charge is -2.03. The standard InChI is InChI=1S/C14H14N2S/c1-2-6-11-13(16)12(9-15)17-14(11)10-7-4-3-5-8-10/h3-5,7-8H,2,6,16H2,1H3. The van der Waals surface area contributed by atoms with Gasteiger partial charge < -0.3 is 5.73 Å². The van der Waals surface area contributed by atoms with Gasteiger partial charge >= 0.3 is 0 Å². The molecular weight excluding hydrogens is 228 g/mol. The molecule has 1 aromatic heterocycles. The van der Waals surface area contributed by atoms with Crippen LogP contribution in [0.4, 0.5) is 5.69 Å². The van der Waals surface area contributed by atoms with Crippen LogP contribution in [0.1, 0.15) is 23.8 Å². The fraction of sp³-hybridized carbons (Fsp3) is 0.214. The molecule has 0 atom stereocenters. The topological polar surface area (TPSA) is 49.8 Å². The van der Waals surface area contributed by atoms with Gasteiger partial charge in [0.1, 0.15) is 10.9 Å². The van der Waals surface area contributed by atoms with Crippen molar-refractivity contribution in [3.05, 3.63) is 40.8 Å². The zero-order valence-electron chi connectivity index (χ0n) is 9.73. The van der Waals surface area contributed by atoms with Crippen molar-refractivity contribution in [3.63, 3.8) is 0 Å². The van der Waals surface area contributed by atoms with Crippen molar-refractivity contribution in [1.29, 1.82) is 5.26 Å². The van der Waals surface area contributed by atoms with Crippen LogP contribution in [0.25, 0.3) is 10.4 Å². The molecule has 0 unspecified atom stereocenters. The molecule has 0 aliphatic heterocycles. The average Bonchev–Trinajstić information content (AvgIpc) is 2.69. The average molecular weight is 242 g/mol. The molecule has 0 amide bonds. The van der Waals surface area contributed by atoms with E-state index in [9.17, 15) is 0 Å². The largest absolute Gasteiger partial charge is 0.397 e. The summed E-state index contributed by atoms with van der Waals surface area (Å²) < 4.78 is 0. The second-order valence-electron chi connectivity index (χ2n) is 3.88. The minimum absolute atomic E-state index is 0.632. The third kappa shape index (κ3) is 2.17. The lowest BCUT2D eigenvalue weighted by Crippen LogP contribution is -1.92. The second-order valence-corrected chi connectivity index (χ2v) is 4.90. The van der Waals surface area contributed by atoms with Gasteiger partial charge in [-0.3, -0.25) is 0 Å². The molecule has 2 N–H and O–H groups in total. The molecule has 0 radical (unpaired) electrons. The number of nitriles is 1.